The normalized spacial score (nSPS) is 23.4. The summed E-state index contributed by atoms with van der Waals surface area (Å²) in [5.74, 6) is -0.670. The van der Waals surface area contributed by atoms with Crippen LogP contribution in [0.25, 0.3) is 0 Å². The zero-order chi connectivity index (χ0) is 15.2. The molecule has 0 spiro atoms. The molecular weight excluding hydrogens is 270 g/mol. The molecule has 1 aromatic rings. The molecule has 1 saturated heterocycles. The van der Waals surface area contributed by atoms with Gasteiger partial charge in [0.15, 0.2) is 0 Å². The number of benzene rings is 1. The summed E-state index contributed by atoms with van der Waals surface area (Å²) in [5.41, 5.74) is 0.466. The zero-order valence-corrected chi connectivity index (χ0v) is 13.0. The van der Waals surface area contributed by atoms with E-state index in [1.54, 1.807) is 0 Å². The summed E-state index contributed by atoms with van der Waals surface area (Å²) in [4.78, 5) is 2.32. The monoisotopic (exact) mass is 296 g/mol. The van der Waals surface area contributed by atoms with Crippen LogP contribution in [0.5, 0.6) is 0 Å². The number of rotatable bonds is 6. The molecule has 21 heavy (non-hydrogen) atoms. The second-order valence-electron chi connectivity index (χ2n) is 6.00. The number of hydrogen-bond donors (Lipinski definition) is 1. The first kappa shape index (κ1) is 16.4. The van der Waals surface area contributed by atoms with Crippen LogP contribution in [0, 0.1) is 11.6 Å². The van der Waals surface area contributed by atoms with Crippen LogP contribution in [-0.2, 0) is 6.54 Å². The minimum atomic E-state index is -0.362. The zero-order valence-electron chi connectivity index (χ0n) is 13.0. The number of halogens is 2. The van der Waals surface area contributed by atoms with E-state index in [1.807, 2.05) is 0 Å². The Morgan fingerprint density at radius 2 is 1.95 bits per heavy atom. The van der Waals surface area contributed by atoms with Crippen molar-refractivity contribution < 1.29 is 8.78 Å². The molecule has 1 heterocycles. The van der Waals surface area contributed by atoms with Crippen LogP contribution >= 0.6 is 0 Å². The Morgan fingerprint density at radius 3 is 2.67 bits per heavy atom. The van der Waals surface area contributed by atoms with Crippen molar-refractivity contribution >= 4 is 0 Å². The van der Waals surface area contributed by atoms with Crippen LogP contribution in [-0.4, -0.2) is 30.1 Å². The van der Waals surface area contributed by atoms with Crippen molar-refractivity contribution in [2.75, 3.05) is 13.1 Å². The lowest BCUT2D eigenvalue weighted by Gasteiger charge is -2.40. The second-order valence-corrected chi connectivity index (χ2v) is 6.00. The maximum atomic E-state index is 13.9. The fourth-order valence-corrected chi connectivity index (χ4v) is 3.17. The molecule has 0 bridgehead atoms. The average Bonchev–Trinajstić information content (AvgIpc) is 2.46. The fourth-order valence-electron chi connectivity index (χ4n) is 3.17. The van der Waals surface area contributed by atoms with Crippen molar-refractivity contribution in [3.63, 3.8) is 0 Å². The molecule has 2 rings (SSSR count). The van der Waals surface area contributed by atoms with Gasteiger partial charge in [-0.1, -0.05) is 26.7 Å². The maximum absolute atomic E-state index is 13.9. The predicted molar refractivity (Wildman–Crippen MR) is 82.2 cm³/mol. The molecule has 1 N–H and O–H groups in total. The number of nitrogens with one attached hydrogen (secondary N) is 1. The van der Waals surface area contributed by atoms with Gasteiger partial charge in [0, 0.05) is 37.3 Å². The molecule has 1 fully saturated rings. The van der Waals surface area contributed by atoms with Crippen LogP contribution in [0.15, 0.2) is 18.2 Å². The van der Waals surface area contributed by atoms with Crippen molar-refractivity contribution in [2.45, 2.75) is 58.2 Å². The van der Waals surface area contributed by atoms with Crippen LogP contribution in [0.4, 0.5) is 8.78 Å². The lowest BCUT2D eigenvalue weighted by atomic mass is 10.0. The number of piperazine rings is 1. The van der Waals surface area contributed by atoms with Crippen molar-refractivity contribution in [2.24, 2.45) is 0 Å². The Morgan fingerprint density at radius 1 is 1.19 bits per heavy atom. The van der Waals surface area contributed by atoms with Gasteiger partial charge in [0.1, 0.15) is 11.6 Å². The summed E-state index contributed by atoms with van der Waals surface area (Å²) in [6.07, 6.45) is 4.45. The second kappa shape index (κ2) is 7.85. The first-order valence-electron chi connectivity index (χ1n) is 8.05. The summed E-state index contributed by atoms with van der Waals surface area (Å²) in [6, 6.07) is 4.60. The minimum Gasteiger partial charge on any atom is -0.311 e. The number of hydrogen-bond acceptors (Lipinski definition) is 2. The molecule has 4 heteroatoms. The van der Waals surface area contributed by atoms with Crippen molar-refractivity contribution in [1.29, 1.82) is 0 Å². The molecule has 1 aromatic carbocycles. The summed E-state index contributed by atoms with van der Waals surface area (Å²) in [5, 5.41) is 3.59. The lowest BCUT2D eigenvalue weighted by Crippen LogP contribution is -2.55. The van der Waals surface area contributed by atoms with Gasteiger partial charge in [0.2, 0.25) is 0 Å². The van der Waals surface area contributed by atoms with Gasteiger partial charge in [-0.3, -0.25) is 4.90 Å². The molecule has 0 aliphatic carbocycles. The van der Waals surface area contributed by atoms with Crippen molar-refractivity contribution in [1.82, 2.24) is 10.2 Å². The Labute approximate surface area is 126 Å². The minimum absolute atomic E-state index is 0.308. The Kier molecular flexibility index (Phi) is 6.12. The SMILES string of the molecule is CCCC1CN(Cc2cc(F)ccc2F)C(CCC)CN1. The summed E-state index contributed by atoms with van der Waals surface area (Å²) in [7, 11) is 0. The third-order valence-electron chi connectivity index (χ3n) is 4.25. The highest BCUT2D eigenvalue weighted by Gasteiger charge is 2.27. The van der Waals surface area contributed by atoms with Crippen molar-refractivity contribution in [3.8, 4) is 0 Å². The smallest absolute Gasteiger partial charge is 0.127 e. The molecule has 0 radical (unpaired) electrons. The van der Waals surface area contributed by atoms with E-state index >= 15 is 0 Å². The molecule has 2 nitrogen and oxygen atoms in total. The Bertz CT molecular complexity index is 450. The van der Waals surface area contributed by atoms with Gasteiger partial charge in [-0.25, -0.2) is 8.78 Å². The quantitative estimate of drug-likeness (QED) is 0.861. The van der Waals surface area contributed by atoms with Crippen LogP contribution in [0.1, 0.15) is 45.1 Å². The van der Waals surface area contributed by atoms with E-state index in [4.69, 9.17) is 0 Å². The molecule has 1 aliphatic rings. The van der Waals surface area contributed by atoms with Gasteiger partial charge in [-0.05, 0) is 31.0 Å². The highest BCUT2D eigenvalue weighted by atomic mass is 19.1. The van der Waals surface area contributed by atoms with Crippen LogP contribution in [0.2, 0.25) is 0 Å². The topological polar surface area (TPSA) is 15.3 Å². The van der Waals surface area contributed by atoms with E-state index < -0.39 is 0 Å². The standard InChI is InChI=1S/C17H26F2N2/c1-3-5-15-12-21(16(6-4-2)10-20-15)11-13-9-14(18)7-8-17(13)19/h7-9,15-16,20H,3-6,10-12H2,1-2H3. The van der Waals surface area contributed by atoms with E-state index in [2.05, 4.69) is 24.1 Å². The molecule has 2 unspecified atom stereocenters. The van der Waals surface area contributed by atoms with E-state index in [9.17, 15) is 8.78 Å². The van der Waals surface area contributed by atoms with Crippen molar-refractivity contribution in [3.05, 3.63) is 35.4 Å². The summed E-state index contributed by atoms with van der Waals surface area (Å²) >= 11 is 0. The first-order chi connectivity index (χ1) is 10.1. The van der Waals surface area contributed by atoms with Crippen LogP contribution < -0.4 is 5.32 Å². The Balaban J connectivity index is 2.09. The third kappa shape index (κ3) is 4.48. The summed E-state index contributed by atoms with van der Waals surface area (Å²) < 4.78 is 27.2. The van der Waals surface area contributed by atoms with Crippen LogP contribution in [0.3, 0.4) is 0 Å². The lowest BCUT2D eigenvalue weighted by molar-refractivity contribution is 0.110. The van der Waals surface area contributed by atoms with Gasteiger partial charge in [-0.2, -0.15) is 0 Å². The molecule has 118 valence electrons. The van der Waals surface area contributed by atoms with E-state index in [0.29, 0.717) is 24.2 Å². The van der Waals surface area contributed by atoms with Gasteiger partial charge < -0.3 is 5.32 Å². The van der Waals surface area contributed by atoms with Gasteiger partial charge in [0.25, 0.3) is 0 Å². The molecule has 2 atom stereocenters. The van der Waals surface area contributed by atoms with Gasteiger partial charge >= 0.3 is 0 Å². The third-order valence-corrected chi connectivity index (χ3v) is 4.25. The highest BCUT2D eigenvalue weighted by Crippen LogP contribution is 2.20. The number of nitrogens with zero attached hydrogens (tertiary/aromatic N) is 1. The average molecular weight is 296 g/mol. The van der Waals surface area contributed by atoms with E-state index in [-0.39, 0.29) is 11.6 Å². The van der Waals surface area contributed by atoms with Gasteiger partial charge in [0.05, 0.1) is 0 Å². The van der Waals surface area contributed by atoms with Gasteiger partial charge in [-0.15, -0.1) is 0 Å². The van der Waals surface area contributed by atoms with E-state index in [1.165, 1.54) is 18.2 Å². The maximum Gasteiger partial charge on any atom is 0.127 e. The van der Waals surface area contributed by atoms with E-state index in [0.717, 1.165) is 38.8 Å². The fraction of sp³-hybridized carbons (Fsp3) is 0.647. The summed E-state index contributed by atoms with van der Waals surface area (Å²) in [6.45, 7) is 6.69. The molecule has 0 saturated carbocycles. The molecule has 0 amide bonds. The highest BCUT2D eigenvalue weighted by molar-refractivity contribution is 5.19. The molecular formula is C17H26F2N2. The first-order valence-corrected chi connectivity index (χ1v) is 8.05. The largest absolute Gasteiger partial charge is 0.311 e. The molecule has 1 aliphatic heterocycles. The predicted octanol–water partition coefficient (Wildman–Crippen LogP) is 3.71. The molecule has 0 aromatic heterocycles. The Hall–Kier alpha value is -1.00.